The third kappa shape index (κ3) is 3.19. The molecule has 2 aromatic heterocycles. The fraction of sp³-hybridized carbons (Fsp3) is 0.294. The number of fused-ring (bicyclic) bond motifs is 1. The Morgan fingerprint density at radius 1 is 1.26 bits per heavy atom. The van der Waals surface area contributed by atoms with Gasteiger partial charge in [-0.05, 0) is 22.4 Å². The molecule has 0 saturated carbocycles. The minimum absolute atomic E-state index is 0.131. The Balaban J connectivity index is 1.39. The molecule has 0 bridgehead atoms. The number of nitrogens with zero attached hydrogens (tertiary/aromatic N) is 3. The Hall–Kier alpha value is -2.02. The van der Waals surface area contributed by atoms with E-state index in [2.05, 4.69) is 44.6 Å². The zero-order chi connectivity index (χ0) is 15.5. The monoisotopic (exact) mass is 326 g/mol. The third-order valence-electron chi connectivity index (χ3n) is 4.00. The Kier molecular flexibility index (Phi) is 4.19. The van der Waals surface area contributed by atoms with Crippen LogP contribution in [0.25, 0.3) is 11.3 Å². The molecule has 0 saturated heterocycles. The molecule has 1 atom stereocenters. The first-order chi connectivity index (χ1) is 11.4. The first-order valence-electron chi connectivity index (χ1n) is 7.71. The van der Waals surface area contributed by atoms with E-state index in [-0.39, 0.29) is 6.10 Å². The molecule has 0 radical (unpaired) electrons. The van der Waals surface area contributed by atoms with Gasteiger partial charge in [0.1, 0.15) is 5.69 Å². The molecule has 0 spiro atoms. The van der Waals surface area contributed by atoms with Crippen molar-refractivity contribution in [2.75, 3.05) is 6.54 Å². The van der Waals surface area contributed by atoms with Crippen LogP contribution in [0.1, 0.15) is 11.3 Å². The van der Waals surface area contributed by atoms with Gasteiger partial charge in [0.15, 0.2) is 0 Å². The summed E-state index contributed by atoms with van der Waals surface area (Å²) in [5, 5.41) is 16.3. The van der Waals surface area contributed by atoms with E-state index in [0.29, 0.717) is 6.61 Å². The van der Waals surface area contributed by atoms with E-state index in [1.807, 2.05) is 22.9 Å². The number of hydrogen-bond donors (Lipinski definition) is 1. The van der Waals surface area contributed by atoms with Gasteiger partial charge in [0.2, 0.25) is 0 Å². The van der Waals surface area contributed by atoms with Crippen LogP contribution in [-0.4, -0.2) is 27.6 Å². The molecule has 118 valence electrons. The second kappa shape index (κ2) is 6.62. The van der Waals surface area contributed by atoms with E-state index in [4.69, 9.17) is 4.74 Å². The first kappa shape index (κ1) is 14.6. The Morgan fingerprint density at radius 2 is 2.17 bits per heavy atom. The van der Waals surface area contributed by atoms with Gasteiger partial charge in [-0.15, -0.1) is 5.10 Å². The average Bonchev–Trinajstić information content (AvgIpc) is 3.25. The van der Waals surface area contributed by atoms with Gasteiger partial charge < -0.3 is 10.1 Å². The molecule has 1 aliphatic rings. The Bertz CT molecular complexity index is 754. The van der Waals surface area contributed by atoms with Crippen molar-refractivity contribution >= 4 is 11.3 Å². The molecule has 23 heavy (non-hydrogen) atoms. The lowest BCUT2D eigenvalue weighted by molar-refractivity contribution is 0.00126. The molecule has 3 heterocycles. The summed E-state index contributed by atoms with van der Waals surface area (Å²) in [6, 6.07) is 12.3. The van der Waals surface area contributed by atoms with Gasteiger partial charge in [-0.3, -0.25) is 0 Å². The minimum Gasteiger partial charge on any atom is -0.369 e. The summed E-state index contributed by atoms with van der Waals surface area (Å²) in [7, 11) is 0. The summed E-state index contributed by atoms with van der Waals surface area (Å²) in [5.74, 6) is 0. The zero-order valence-corrected chi connectivity index (χ0v) is 13.5. The molecule has 0 unspecified atom stereocenters. The van der Waals surface area contributed by atoms with Crippen molar-refractivity contribution in [3.05, 3.63) is 58.4 Å². The predicted octanol–water partition coefficient (Wildman–Crippen LogP) is 2.70. The van der Waals surface area contributed by atoms with E-state index in [9.17, 15) is 0 Å². The summed E-state index contributed by atoms with van der Waals surface area (Å²) >= 11 is 1.72. The lowest BCUT2D eigenvalue weighted by Crippen LogP contribution is -2.36. The summed E-state index contributed by atoms with van der Waals surface area (Å²) < 4.78 is 7.96. The van der Waals surface area contributed by atoms with Crippen LogP contribution in [-0.2, 0) is 24.4 Å². The van der Waals surface area contributed by atoms with Crippen molar-refractivity contribution < 1.29 is 4.74 Å². The summed E-state index contributed by atoms with van der Waals surface area (Å²) in [4.78, 5) is 0. The maximum absolute atomic E-state index is 5.98. The largest absolute Gasteiger partial charge is 0.369 e. The quantitative estimate of drug-likeness (QED) is 0.783. The molecule has 1 aliphatic heterocycles. The second-order valence-electron chi connectivity index (χ2n) is 5.63. The van der Waals surface area contributed by atoms with E-state index in [1.165, 1.54) is 5.56 Å². The van der Waals surface area contributed by atoms with E-state index in [1.54, 1.807) is 11.3 Å². The van der Waals surface area contributed by atoms with Crippen molar-refractivity contribution in [3.8, 4) is 11.3 Å². The van der Waals surface area contributed by atoms with Crippen LogP contribution in [0.4, 0.5) is 0 Å². The second-order valence-corrected chi connectivity index (χ2v) is 6.41. The van der Waals surface area contributed by atoms with Gasteiger partial charge in [0.25, 0.3) is 0 Å². The van der Waals surface area contributed by atoms with E-state index >= 15 is 0 Å². The van der Waals surface area contributed by atoms with Gasteiger partial charge in [0.05, 0.1) is 24.9 Å². The van der Waals surface area contributed by atoms with Crippen LogP contribution < -0.4 is 5.32 Å². The van der Waals surface area contributed by atoms with E-state index in [0.717, 1.165) is 36.6 Å². The number of ether oxygens (including phenoxy) is 1. The van der Waals surface area contributed by atoms with Gasteiger partial charge >= 0.3 is 0 Å². The van der Waals surface area contributed by atoms with Crippen LogP contribution in [0.3, 0.4) is 0 Å². The molecule has 5 nitrogen and oxygen atoms in total. The number of thiophene rings is 1. The summed E-state index contributed by atoms with van der Waals surface area (Å²) in [5.41, 5.74) is 4.39. The molecule has 3 aromatic rings. The van der Waals surface area contributed by atoms with Crippen LogP contribution in [0, 0.1) is 0 Å². The molecule has 1 aromatic carbocycles. The Labute approximate surface area is 138 Å². The minimum atomic E-state index is 0.131. The summed E-state index contributed by atoms with van der Waals surface area (Å²) in [6.07, 6.45) is 0.131. The molecule has 0 fully saturated rings. The van der Waals surface area contributed by atoms with E-state index < -0.39 is 0 Å². The smallest absolute Gasteiger partial charge is 0.118 e. The fourth-order valence-corrected chi connectivity index (χ4v) is 3.45. The lowest BCUT2D eigenvalue weighted by atomic mass is 10.1. The predicted molar refractivity (Wildman–Crippen MR) is 90.1 cm³/mol. The number of benzene rings is 1. The molecular weight excluding hydrogens is 308 g/mol. The highest BCUT2D eigenvalue weighted by molar-refractivity contribution is 7.07. The van der Waals surface area contributed by atoms with Crippen molar-refractivity contribution in [1.82, 2.24) is 20.3 Å². The number of rotatable bonds is 5. The average molecular weight is 326 g/mol. The zero-order valence-electron chi connectivity index (χ0n) is 12.7. The lowest BCUT2D eigenvalue weighted by Gasteiger charge is -2.24. The van der Waals surface area contributed by atoms with Crippen molar-refractivity contribution in [3.63, 3.8) is 0 Å². The van der Waals surface area contributed by atoms with Gasteiger partial charge in [0, 0.05) is 18.7 Å². The van der Waals surface area contributed by atoms with Gasteiger partial charge in [-0.2, -0.15) is 11.3 Å². The molecular formula is C17H18N4OS. The fourth-order valence-electron chi connectivity index (χ4n) is 2.78. The van der Waals surface area contributed by atoms with Crippen LogP contribution >= 0.6 is 11.3 Å². The van der Waals surface area contributed by atoms with Gasteiger partial charge in [-0.25, -0.2) is 4.68 Å². The summed E-state index contributed by atoms with van der Waals surface area (Å²) in [6.45, 7) is 2.99. The van der Waals surface area contributed by atoms with Crippen molar-refractivity contribution in [1.29, 1.82) is 0 Å². The number of aromatic nitrogens is 3. The number of hydrogen-bond acceptors (Lipinski definition) is 5. The number of nitrogens with one attached hydrogen (secondary N) is 1. The molecule has 4 rings (SSSR count). The normalized spacial score (nSPS) is 17.1. The topological polar surface area (TPSA) is 52.0 Å². The third-order valence-corrected chi connectivity index (χ3v) is 4.73. The maximum atomic E-state index is 5.98. The van der Waals surface area contributed by atoms with Crippen LogP contribution in [0.5, 0.6) is 0 Å². The Morgan fingerprint density at radius 3 is 3.00 bits per heavy atom. The highest BCUT2D eigenvalue weighted by Crippen LogP contribution is 2.24. The SMILES string of the molecule is c1ccc(-c2nnn3c2CO[C@H](CNCc2ccsc2)C3)cc1. The highest BCUT2D eigenvalue weighted by Gasteiger charge is 2.23. The molecule has 0 amide bonds. The van der Waals surface area contributed by atoms with Crippen LogP contribution in [0.15, 0.2) is 47.2 Å². The van der Waals surface area contributed by atoms with Gasteiger partial charge in [-0.1, -0.05) is 35.5 Å². The standard InChI is InChI=1S/C17H18N4OS/c1-2-4-14(5-3-1)17-16-11-22-15(10-21(16)20-19-17)9-18-8-13-6-7-23-12-13/h1-7,12,15,18H,8-11H2/t15-/m1/s1. The molecule has 6 heteroatoms. The molecule has 0 aliphatic carbocycles. The van der Waals surface area contributed by atoms with Crippen molar-refractivity contribution in [2.24, 2.45) is 0 Å². The first-order valence-corrected chi connectivity index (χ1v) is 8.65. The highest BCUT2D eigenvalue weighted by atomic mass is 32.1. The maximum Gasteiger partial charge on any atom is 0.118 e. The molecule has 1 N–H and O–H groups in total. The van der Waals surface area contributed by atoms with Crippen molar-refractivity contribution in [2.45, 2.75) is 25.8 Å². The van der Waals surface area contributed by atoms with Crippen LogP contribution in [0.2, 0.25) is 0 Å².